The van der Waals surface area contributed by atoms with Crippen LogP contribution in [0, 0.1) is 5.92 Å². The lowest BCUT2D eigenvalue weighted by atomic mass is 9.81. The normalized spacial score (nSPS) is 16.3. The third kappa shape index (κ3) is 2.92. The van der Waals surface area contributed by atoms with E-state index in [2.05, 4.69) is 0 Å². The van der Waals surface area contributed by atoms with Crippen LogP contribution >= 0.6 is 23.2 Å². The minimum absolute atomic E-state index is 0.296. The van der Waals surface area contributed by atoms with E-state index in [1.54, 1.807) is 19.1 Å². The first-order valence-corrected chi connectivity index (χ1v) is 5.97. The number of hydrogen-bond acceptors (Lipinski definition) is 2. The van der Waals surface area contributed by atoms with Crippen LogP contribution in [-0.2, 0) is 10.4 Å². The van der Waals surface area contributed by atoms with Crippen LogP contribution in [0.1, 0.15) is 25.8 Å². The third-order valence-corrected chi connectivity index (χ3v) is 3.63. The van der Waals surface area contributed by atoms with Crippen LogP contribution in [0.5, 0.6) is 0 Å². The standard InChI is InChI=1S/C12H14Cl2O3/c1-3-8(11(15)16)12(2,17)7-4-5-9(13)10(14)6-7/h4-6,8,17H,3H2,1-2H3,(H,15,16). The van der Waals surface area contributed by atoms with Gasteiger partial charge in [0.25, 0.3) is 0 Å². The molecule has 0 bridgehead atoms. The summed E-state index contributed by atoms with van der Waals surface area (Å²) < 4.78 is 0. The fourth-order valence-corrected chi connectivity index (χ4v) is 2.12. The summed E-state index contributed by atoms with van der Waals surface area (Å²) in [6, 6.07) is 4.62. The summed E-state index contributed by atoms with van der Waals surface area (Å²) in [5.74, 6) is -1.93. The molecule has 2 atom stereocenters. The first-order chi connectivity index (χ1) is 7.80. The van der Waals surface area contributed by atoms with Crippen molar-refractivity contribution in [2.45, 2.75) is 25.9 Å². The van der Waals surface area contributed by atoms with Gasteiger partial charge in [-0.05, 0) is 31.0 Å². The van der Waals surface area contributed by atoms with Gasteiger partial charge >= 0.3 is 5.97 Å². The van der Waals surface area contributed by atoms with Gasteiger partial charge in [0.2, 0.25) is 0 Å². The Labute approximate surface area is 110 Å². The highest BCUT2D eigenvalue weighted by Gasteiger charge is 2.37. The smallest absolute Gasteiger partial charge is 0.309 e. The molecule has 0 heterocycles. The maximum atomic E-state index is 11.1. The highest BCUT2D eigenvalue weighted by molar-refractivity contribution is 6.42. The molecule has 0 saturated carbocycles. The van der Waals surface area contributed by atoms with E-state index in [1.165, 1.54) is 13.0 Å². The molecular weight excluding hydrogens is 263 g/mol. The topological polar surface area (TPSA) is 57.5 Å². The number of carboxylic acids is 1. The van der Waals surface area contributed by atoms with E-state index < -0.39 is 17.5 Å². The lowest BCUT2D eigenvalue weighted by molar-refractivity contribution is -0.152. The molecule has 0 aliphatic rings. The molecule has 0 spiro atoms. The van der Waals surface area contributed by atoms with E-state index in [4.69, 9.17) is 28.3 Å². The SMILES string of the molecule is CCC(C(=O)O)C(C)(O)c1ccc(Cl)c(Cl)c1. The fourth-order valence-electron chi connectivity index (χ4n) is 1.82. The van der Waals surface area contributed by atoms with Crippen molar-refractivity contribution in [1.82, 2.24) is 0 Å². The van der Waals surface area contributed by atoms with Crippen LogP contribution in [0.4, 0.5) is 0 Å². The highest BCUT2D eigenvalue weighted by Crippen LogP contribution is 2.35. The van der Waals surface area contributed by atoms with E-state index in [-0.39, 0.29) is 0 Å². The summed E-state index contributed by atoms with van der Waals surface area (Å²) in [4.78, 5) is 11.1. The van der Waals surface area contributed by atoms with Gasteiger partial charge in [-0.2, -0.15) is 0 Å². The fraction of sp³-hybridized carbons (Fsp3) is 0.417. The summed E-state index contributed by atoms with van der Waals surface area (Å²) in [6.45, 7) is 3.18. The van der Waals surface area contributed by atoms with Gasteiger partial charge in [0.05, 0.1) is 16.0 Å². The number of benzene rings is 1. The Bertz CT molecular complexity index is 430. The minimum Gasteiger partial charge on any atom is -0.481 e. The van der Waals surface area contributed by atoms with Crippen LogP contribution < -0.4 is 0 Å². The Morgan fingerprint density at radius 2 is 2.00 bits per heavy atom. The second-order valence-electron chi connectivity index (χ2n) is 4.08. The third-order valence-electron chi connectivity index (χ3n) is 2.89. The second kappa shape index (κ2) is 5.25. The van der Waals surface area contributed by atoms with Crippen molar-refractivity contribution in [3.05, 3.63) is 33.8 Å². The molecule has 0 saturated heterocycles. The number of aliphatic carboxylic acids is 1. The predicted molar refractivity (Wildman–Crippen MR) is 67.4 cm³/mol. The summed E-state index contributed by atoms with van der Waals surface area (Å²) in [5.41, 5.74) is -1.03. The van der Waals surface area contributed by atoms with Gasteiger partial charge in [-0.3, -0.25) is 4.79 Å². The Kier molecular flexibility index (Phi) is 4.42. The molecule has 0 aliphatic heterocycles. The summed E-state index contributed by atoms with van der Waals surface area (Å²) in [7, 11) is 0. The molecule has 5 heteroatoms. The van der Waals surface area contributed by atoms with E-state index in [1.807, 2.05) is 0 Å². The van der Waals surface area contributed by atoms with Crippen LogP contribution in [-0.4, -0.2) is 16.2 Å². The number of halogens is 2. The average Bonchev–Trinajstić information content (AvgIpc) is 2.21. The molecule has 2 unspecified atom stereocenters. The summed E-state index contributed by atoms with van der Waals surface area (Å²) >= 11 is 11.6. The van der Waals surface area contributed by atoms with Crippen LogP contribution in [0.2, 0.25) is 10.0 Å². The number of carboxylic acid groups (broad SMARTS) is 1. The van der Waals surface area contributed by atoms with Crippen molar-refractivity contribution in [1.29, 1.82) is 0 Å². The van der Waals surface area contributed by atoms with Crippen molar-refractivity contribution >= 4 is 29.2 Å². The Balaban J connectivity index is 3.19. The lowest BCUT2D eigenvalue weighted by Crippen LogP contribution is -2.36. The maximum absolute atomic E-state index is 11.1. The van der Waals surface area contributed by atoms with Crippen LogP contribution in [0.3, 0.4) is 0 Å². The number of carbonyl (C=O) groups is 1. The van der Waals surface area contributed by atoms with E-state index in [9.17, 15) is 9.90 Å². The molecule has 1 aromatic rings. The molecule has 0 amide bonds. The van der Waals surface area contributed by atoms with Gasteiger partial charge in [0, 0.05) is 0 Å². The van der Waals surface area contributed by atoms with Gasteiger partial charge < -0.3 is 10.2 Å². The monoisotopic (exact) mass is 276 g/mol. The molecule has 0 radical (unpaired) electrons. The molecular formula is C12H14Cl2O3. The zero-order valence-electron chi connectivity index (χ0n) is 9.58. The molecule has 1 aromatic carbocycles. The second-order valence-corrected chi connectivity index (χ2v) is 4.89. The lowest BCUT2D eigenvalue weighted by Gasteiger charge is -2.30. The van der Waals surface area contributed by atoms with E-state index >= 15 is 0 Å². The molecule has 1 rings (SSSR count). The van der Waals surface area contributed by atoms with Gasteiger partial charge in [-0.15, -0.1) is 0 Å². The molecule has 0 fully saturated rings. The largest absolute Gasteiger partial charge is 0.481 e. The molecule has 3 nitrogen and oxygen atoms in total. The molecule has 94 valence electrons. The molecule has 0 aliphatic carbocycles. The number of rotatable bonds is 4. The molecule has 2 N–H and O–H groups in total. The average molecular weight is 277 g/mol. The van der Waals surface area contributed by atoms with Gasteiger partial charge in [0.1, 0.15) is 5.60 Å². The Morgan fingerprint density at radius 1 is 1.41 bits per heavy atom. The zero-order valence-corrected chi connectivity index (χ0v) is 11.1. The van der Waals surface area contributed by atoms with Crippen molar-refractivity contribution in [3.63, 3.8) is 0 Å². The predicted octanol–water partition coefficient (Wildman–Crippen LogP) is 3.31. The van der Waals surface area contributed by atoms with Crippen molar-refractivity contribution in [2.24, 2.45) is 5.92 Å². The number of hydrogen-bond donors (Lipinski definition) is 2. The van der Waals surface area contributed by atoms with Gasteiger partial charge in [0.15, 0.2) is 0 Å². The van der Waals surface area contributed by atoms with Gasteiger partial charge in [-0.25, -0.2) is 0 Å². The molecule has 0 aromatic heterocycles. The first kappa shape index (κ1) is 14.3. The highest BCUT2D eigenvalue weighted by atomic mass is 35.5. The van der Waals surface area contributed by atoms with E-state index in [0.717, 1.165) is 0 Å². The van der Waals surface area contributed by atoms with Gasteiger partial charge in [-0.1, -0.05) is 36.2 Å². The minimum atomic E-state index is -1.48. The first-order valence-electron chi connectivity index (χ1n) is 5.21. The number of aliphatic hydroxyl groups is 1. The quantitative estimate of drug-likeness (QED) is 0.887. The summed E-state index contributed by atoms with van der Waals surface area (Å²) in [6.07, 6.45) is 0.322. The van der Waals surface area contributed by atoms with Crippen molar-refractivity contribution in [2.75, 3.05) is 0 Å². The van der Waals surface area contributed by atoms with Crippen molar-refractivity contribution < 1.29 is 15.0 Å². The maximum Gasteiger partial charge on any atom is 0.309 e. The van der Waals surface area contributed by atoms with Crippen LogP contribution in [0.15, 0.2) is 18.2 Å². The molecule has 17 heavy (non-hydrogen) atoms. The Morgan fingerprint density at radius 3 is 2.41 bits per heavy atom. The zero-order chi connectivity index (χ0) is 13.2. The Hall–Kier alpha value is -0.770. The van der Waals surface area contributed by atoms with Crippen molar-refractivity contribution in [3.8, 4) is 0 Å². The summed E-state index contributed by atoms with van der Waals surface area (Å²) in [5, 5.41) is 20.1. The van der Waals surface area contributed by atoms with E-state index in [0.29, 0.717) is 22.0 Å². The van der Waals surface area contributed by atoms with Crippen LogP contribution in [0.25, 0.3) is 0 Å².